The van der Waals surface area contributed by atoms with Crippen molar-refractivity contribution in [3.8, 4) is 0 Å². The fourth-order valence-corrected chi connectivity index (χ4v) is 2.54. The summed E-state index contributed by atoms with van der Waals surface area (Å²) in [6.45, 7) is 0. The van der Waals surface area contributed by atoms with E-state index in [4.69, 9.17) is 11.6 Å². The molecule has 5 heteroatoms. The molecule has 1 unspecified atom stereocenters. The SMILES string of the molecule is Clc1ccc(C(Nc2cnns2)C2CC2)cc1. The zero-order chi connectivity index (χ0) is 11.7. The van der Waals surface area contributed by atoms with Gasteiger partial charge in [0.2, 0.25) is 0 Å². The third kappa shape index (κ3) is 2.58. The molecular formula is C12H12ClN3S. The molecule has 88 valence electrons. The van der Waals surface area contributed by atoms with Crippen LogP contribution in [0.4, 0.5) is 5.00 Å². The fraction of sp³-hybridized carbons (Fsp3) is 0.333. The second kappa shape index (κ2) is 4.63. The number of rotatable bonds is 4. The van der Waals surface area contributed by atoms with Gasteiger partial charge in [-0.25, -0.2) is 0 Å². The average Bonchev–Trinajstić information content (AvgIpc) is 3.05. The Hall–Kier alpha value is -1.13. The van der Waals surface area contributed by atoms with E-state index in [0.717, 1.165) is 15.9 Å². The van der Waals surface area contributed by atoms with E-state index in [-0.39, 0.29) is 0 Å². The summed E-state index contributed by atoms with van der Waals surface area (Å²) >= 11 is 7.31. The van der Waals surface area contributed by atoms with Crippen molar-refractivity contribution in [3.63, 3.8) is 0 Å². The molecule has 0 radical (unpaired) electrons. The van der Waals surface area contributed by atoms with Crippen LogP contribution in [0.25, 0.3) is 0 Å². The van der Waals surface area contributed by atoms with Gasteiger partial charge in [0.05, 0.1) is 12.2 Å². The van der Waals surface area contributed by atoms with Crippen LogP contribution in [-0.4, -0.2) is 9.59 Å². The molecule has 3 nitrogen and oxygen atoms in total. The van der Waals surface area contributed by atoms with Crippen LogP contribution in [0, 0.1) is 5.92 Å². The first-order valence-electron chi connectivity index (χ1n) is 5.62. The summed E-state index contributed by atoms with van der Waals surface area (Å²) in [4.78, 5) is 0. The van der Waals surface area contributed by atoms with Gasteiger partial charge >= 0.3 is 0 Å². The maximum absolute atomic E-state index is 5.92. The third-order valence-corrected chi connectivity index (χ3v) is 3.83. The molecule has 1 aromatic heterocycles. The topological polar surface area (TPSA) is 37.8 Å². The number of anilines is 1. The predicted molar refractivity (Wildman–Crippen MR) is 70.4 cm³/mol. The fourth-order valence-electron chi connectivity index (χ4n) is 1.96. The molecule has 1 N–H and O–H groups in total. The van der Waals surface area contributed by atoms with Gasteiger partial charge in [0.15, 0.2) is 0 Å². The van der Waals surface area contributed by atoms with Crippen LogP contribution in [0.15, 0.2) is 30.5 Å². The Balaban J connectivity index is 1.82. The molecule has 1 saturated carbocycles. The highest BCUT2D eigenvalue weighted by atomic mass is 35.5. The molecule has 1 aliphatic rings. The van der Waals surface area contributed by atoms with Crippen molar-refractivity contribution >= 4 is 28.1 Å². The second-order valence-corrected chi connectivity index (χ2v) is 5.51. The van der Waals surface area contributed by atoms with E-state index < -0.39 is 0 Å². The molecule has 1 aliphatic carbocycles. The van der Waals surface area contributed by atoms with Gasteiger partial charge in [-0.15, -0.1) is 5.10 Å². The Kier molecular flexibility index (Phi) is 2.99. The van der Waals surface area contributed by atoms with Gasteiger partial charge in [-0.3, -0.25) is 0 Å². The summed E-state index contributed by atoms with van der Waals surface area (Å²) < 4.78 is 3.87. The van der Waals surface area contributed by atoms with Crippen LogP contribution in [-0.2, 0) is 0 Å². The van der Waals surface area contributed by atoms with Crippen LogP contribution < -0.4 is 5.32 Å². The molecule has 17 heavy (non-hydrogen) atoms. The summed E-state index contributed by atoms with van der Waals surface area (Å²) in [6, 6.07) is 8.42. The van der Waals surface area contributed by atoms with Gasteiger partial charge < -0.3 is 5.32 Å². The molecule has 1 fully saturated rings. The summed E-state index contributed by atoms with van der Waals surface area (Å²) in [6.07, 6.45) is 4.34. The lowest BCUT2D eigenvalue weighted by atomic mass is 10.0. The van der Waals surface area contributed by atoms with E-state index in [1.54, 1.807) is 6.20 Å². The number of hydrogen-bond acceptors (Lipinski definition) is 4. The van der Waals surface area contributed by atoms with E-state index in [1.165, 1.54) is 29.9 Å². The third-order valence-electron chi connectivity index (χ3n) is 2.98. The Morgan fingerprint density at radius 3 is 2.65 bits per heavy atom. The number of halogens is 1. The minimum absolute atomic E-state index is 0.356. The first-order valence-corrected chi connectivity index (χ1v) is 6.77. The minimum Gasteiger partial charge on any atom is -0.367 e. The molecule has 1 atom stereocenters. The quantitative estimate of drug-likeness (QED) is 0.915. The Labute approximate surface area is 109 Å². The van der Waals surface area contributed by atoms with Crippen LogP contribution in [0.5, 0.6) is 0 Å². The lowest BCUT2D eigenvalue weighted by Gasteiger charge is -2.18. The second-order valence-electron chi connectivity index (χ2n) is 4.29. The molecule has 0 aliphatic heterocycles. The molecule has 0 bridgehead atoms. The Bertz CT molecular complexity index is 479. The van der Waals surface area contributed by atoms with Gasteiger partial charge in [-0.1, -0.05) is 28.2 Å². The Morgan fingerprint density at radius 1 is 1.29 bits per heavy atom. The monoisotopic (exact) mass is 265 g/mol. The van der Waals surface area contributed by atoms with Gasteiger partial charge in [-0.2, -0.15) is 0 Å². The number of benzene rings is 1. The van der Waals surface area contributed by atoms with Crippen LogP contribution in [0.2, 0.25) is 5.02 Å². The van der Waals surface area contributed by atoms with Crippen LogP contribution in [0.1, 0.15) is 24.4 Å². The molecule has 1 heterocycles. The first-order chi connectivity index (χ1) is 8.33. The smallest absolute Gasteiger partial charge is 0.130 e. The average molecular weight is 266 g/mol. The van der Waals surface area contributed by atoms with E-state index in [1.807, 2.05) is 12.1 Å². The van der Waals surface area contributed by atoms with Crippen molar-refractivity contribution in [1.82, 2.24) is 9.59 Å². The summed E-state index contributed by atoms with van der Waals surface area (Å²) in [5.74, 6) is 0.721. The molecule has 0 saturated heterocycles. The van der Waals surface area contributed by atoms with Crippen molar-refractivity contribution in [2.45, 2.75) is 18.9 Å². The summed E-state index contributed by atoms with van der Waals surface area (Å²) in [5, 5.41) is 9.16. The van der Waals surface area contributed by atoms with Crippen molar-refractivity contribution in [3.05, 3.63) is 41.0 Å². The van der Waals surface area contributed by atoms with E-state index >= 15 is 0 Å². The number of aromatic nitrogens is 2. The highest BCUT2D eigenvalue weighted by molar-refractivity contribution is 7.09. The van der Waals surface area contributed by atoms with Crippen LogP contribution in [0.3, 0.4) is 0 Å². The zero-order valence-electron chi connectivity index (χ0n) is 9.14. The number of nitrogens with one attached hydrogen (secondary N) is 1. The van der Waals surface area contributed by atoms with Crippen molar-refractivity contribution < 1.29 is 0 Å². The summed E-state index contributed by atoms with van der Waals surface area (Å²) in [7, 11) is 0. The molecule has 0 spiro atoms. The maximum Gasteiger partial charge on any atom is 0.130 e. The highest BCUT2D eigenvalue weighted by Crippen LogP contribution is 2.43. The van der Waals surface area contributed by atoms with E-state index in [2.05, 4.69) is 27.0 Å². The normalized spacial score (nSPS) is 16.8. The molecule has 3 rings (SSSR count). The number of nitrogens with zero attached hydrogens (tertiary/aromatic N) is 2. The van der Waals surface area contributed by atoms with Gasteiger partial charge in [0.1, 0.15) is 5.00 Å². The molecular weight excluding hydrogens is 254 g/mol. The molecule has 0 amide bonds. The maximum atomic E-state index is 5.92. The van der Waals surface area contributed by atoms with Crippen molar-refractivity contribution in [2.24, 2.45) is 5.92 Å². The standard InChI is InChI=1S/C12H12ClN3S/c13-10-5-3-9(4-6-10)12(8-1-2-8)15-11-7-14-16-17-11/h3-8,12,15H,1-2H2. The Morgan fingerprint density at radius 2 is 2.06 bits per heavy atom. The van der Waals surface area contributed by atoms with Gasteiger partial charge in [0.25, 0.3) is 0 Å². The van der Waals surface area contributed by atoms with Gasteiger partial charge in [0, 0.05) is 16.6 Å². The predicted octanol–water partition coefficient (Wildman–Crippen LogP) is 3.75. The van der Waals surface area contributed by atoms with E-state index in [0.29, 0.717) is 6.04 Å². The number of hydrogen-bond donors (Lipinski definition) is 1. The van der Waals surface area contributed by atoms with Crippen LogP contribution >= 0.6 is 23.1 Å². The first kappa shape index (κ1) is 11.0. The van der Waals surface area contributed by atoms with Crippen molar-refractivity contribution in [2.75, 3.05) is 5.32 Å². The summed E-state index contributed by atoms with van der Waals surface area (Å²) in [5.41, 5.74) is 1.28. The van der Waals surface area contributed by atoms with Crippen molar-refractivity contribution in [1.29, 1.82) is 0 Å². The largest absolute Gasteiger partial charge is 0.367 e. The lowest BCUT2D eigenvalue weighted by Crippen LogP contribution is -2.11. The minimum atomic E-state index is 0.356. The van der Waals surface area contributed by atoms with E-state index in [9.17, 15) is 0 Å². The molecule has 1 aromatic carbocycles. The lowest BCUT2D eigenvalue weighted by molar-refractivity contribution is 0.681. The zero-order valence-corrected chi connectivity index (χ0v) is 10.7. The molecule has 2 aromatic rings. The highest BCUT2D eigenvalue weighted by Gasteiger charge is 2.32. The van der Waals surface area contributed by atoms with Gasteiger partial charge in [-0.05, 0) is 36.5 Å².